The normalized spacial score (nSPS) is 11.3. The van der Waals surface area contributed by atoms with Gasteiger partial charge < -0.3 is 0 Å². The average molecular weight is 433 g/mol. The molecule has 0 saturated carbocycles. The number of allylic oxidation sites excluding steroid dienone is 1. The van der Waals surface area contributed by atoms with Gasteiger partial charge in [0.2, 0.25) is 0 Å². The SMILES string of the molecule is O=[N+]([O-])c1cccc(C=CC(=NNc2ccc([N+](=O)[O-])cc2[N+](=O)[O-])c2ccccc2)c1. The molecule has 3 aromatic rings. The van der Waals surface area contributed by atoms with Crippen LogP contribution in [0.2, 0.25) is 0 Å². The number of nitrogens with zero attached hydrogens (tertiary/aromatic N) is 4. The van der Waals surface area contributed by atoms with Crippen molar-refractivity contribution < 1.29 is 14.8 Å². The Balaban J connectivity index is 1.97. The average Bonchev–Trinajstić information content (AvgIpc) is 2.79. The number of hydrogen-bond donors (Lipinski definition) is 1. The molecule has 11 nitrogen and oxygen atoms in total. The zero-order valence-corrected chi connectivity index (χ0v) is 16.3. The summed E-state index contributed by atoms with van der Waals surface area (Å²) in [6, 6.07) is 18.1. The quantitative estimate of drug-likeness (QED) is 0.300. The van der Waals surface area contributed by atoms with Crippen molar-refractivity contribution in [3.8, 4) is 0 Å². The number of hydrogen-bond acceptors (Lipinski definition) is 8. The van der Waals surface area contributed by atoms with Crippen LogP contribution in [0.5, 0.6) is 0 Å². The molecule has 0 radical (unpaired) electrons. The third-order valence-corrected chi connectivity index (χ3v) is 4.27. The summed E-state index contributed by atoms with van der Waals surface area (Å²) in [6.07, 6.45) is 3.21. The summed E-state index contributed by atoms with van der Waals surface area (Å²) in [5, 5.41) is 37.4. The molecule has 32 heavy (non-hydrogen) atoms. The van der Waals surface area contributed by atoms with E-state index in [1.54, 1.807) is 54.6 Å². The molecule has 0 atom stereocenters. The first-order valence-corrected chi connectivity index (χ1v) is 9.09. The largest absolute Gasteiger partial charge is 0.301 e. The maximum atomic E-state index is 11.3. The van der Waals surface area contributed by atoms with Crippen molar-refractivity contribution in [1.82, 2.24) is 0 Å². The summed E-state index contributed by atoms with van der Waals surface area (Å²) >= 11 is 0. The van der Waals surface area contributed by atoms with Crippen molar-refractivity contribution in [2.45, 2.75) is 0 Å². The van der Waals surface area contributed by atoms with Crippen molar-refractivity contribution in [2.24, 2.45) is 5.10 Å². The van der Waals surface area contributed by atoms with Crippen LogP contribution in [-0.2, 0) is 0 Å². The molecular weight excluding hydrogens is 418 g/mol. The molecule has 0 heterocycles. The Morgan fingerprint density at radius 2 is 1.47 bits per heavy atom. The Hall–Kier alpha value is -4.93. The first-order valence-electron chi connectivity index (χ1n) is 9.09. The Labute approximate surface area is 180 Å². The lowest BCUT2D eigenvalue weighted by Crippen LogP contribution is -2.03. The minimum atomic E-state index is -0.744. The van der Waals surface area contributed by atoms with Gasteiger partial charge in [0.05, 0.1) is 26.5 Å². The highest BCUT2D eigenvalue weighted by molar-refractivity contribution is 6.11. The number of nitro benzene ring substituents is 3. The number of rotatable bonds is 8. The second-order valence-corrected chi connectivity index (χ2v) is 6.38. The van der Waals surface area contributed by atoms with Crippen LogP contribution in [0.4, 0.5) is 22.7 Å². The maximum Gasteiger partial charge on any atom is 0.301 e. The van der Waals surface area contributed by atoms with Crippen LogP contribution in [0.25, 0.3) is 6.08 Å². The molecule has 160 valence electrons. The lowest BCUT2D eigenvalue weighted by Gasteiger charge is -2.06. The summed E-state index contributed by atoms with van der Waals surface area (Å²) < 4.78 is 0. The third-order valence-electron chi connectivity index (χ3n) is 4.27. The lowest BCUT2D eigenvalue weighted by molar-refractivity contribution is -0.393. The zero-order chi connectivity index (χ0) is 23.1. The van der Waals surface area contributed by atoms with Crippen LogP contribution in [0, 0.1) is 30.3 Å². The number of nitrogens with one attached hydrogen (secondary N) is 1. The van der Waals surface area contributed by atoms with Crippen LogP contribution in [0.3, 0.4) is 0 Å². The Bertz CT molecular complexity index is 1240. The fraction of sp³-hybridized carbons (Fsp3) is 0. The predicted molar refractivity (Wildman–Crippen MR) is 118 cm³/mol. The molecule has 3 aromatic carbocycles. The van der Waals surface area contributed by atoms with E-state index in [1.165, 1.54) is 18.2 Å². The summed E-state index contributed by atoms with van der Waals surface area (Å²) in [5.41, 5.74) is 3.19. The highest BCUT2D eigenvalue weighted by atomic mass is 16.6. The van der Waals surface area contributed by atoms with Crippen LogP contribution in [-0.4, -0.2) is 20.5 Å². The van der Waals surface area contributed by atoms with E-state index >= 15 is 0 Å². The topological polar surface area (TPSA) is 154 Å². The Morgan fingerprint density at radius 3 is 2.12 bits per heavy atom. The fourth-order valence-electron chi connectivity index (χ4n) is 2.72. The van der Waals surface area contributed by atoms with Gasteiger partial charge in [-0.2, -0.15) is 5.10 Å². The molecule has 0 aromatic heterocycles. The van der Waals surface area contributed by atoms with Gasteiger partial charge in [-0.25, -0.2) is 0 Å². The van der Waals surface area contributed by atoms with E-state index in [1.807, 2.05) is 0 Å². The summed E-state index contributed by atoms with van der Waals surface area (Å²) in [5.74, 6) is 0. The van der Waals surface area contributed by atoms with Crippen molar-refractivity contribution in [1.29, 1.82) is 0 Å². The molecule has 0 aliphatic heterocycles. The van der Waals surface area contributed by atoms with E-state index in [-0.39, 0.29) is 11.4 Å². The minimum absolute atomic E-state index is 0.0298. The third kappa shape index (κ3) is 5.36. The predicted octanol–water partition coefficient (Wildman–Crippen LogP) is 4.94. The van der Waals surface area contributed by atoms with Gasteiger partial charge in [0.1, 0.15) is 5.69 Å². The van der Waals surface area contributed by atoms with Gasteiger partial charge in [-0.05, 0) is 17.7 Å². The Kier molecular flexibility index (Phi) is 6.61. The van der Waals surface area contributed by atoms with Gasteiger partial charge in [0, 0.05) is 23.8 Å². The number of benzene rings is 3. The molecule has 11 heteroatoms. The molecule has 3 rings (SSSR count). The van der Waals surface area contributed by atoms with Crippen molar-refractivity contribution in [3.05, 3.63) is 120 Å². The molecular formula is C21H15N5O6. The van der Waals surface area contributed by atoms with Crippen LogP contribution < -0.4 is 5.43 Å². The van der Waals surface area contributed by atoms with Crippen molar-refractivity contribution in [2.75, 3.05) is 5.43 Å². The van der Waals surface area contributed by atoms with Gasteiger partial charge in [0.15, 0.2) is 0 Å². The highest BCUT2D eigenvalue weighted by Gasteiger charge is 2.19. The molecule has 0 spiro atoms. The highest BCUT2D eigenvalue weighted by Crippen LogP contribution is 2.29. The summed E-state index contributed by atoms with van der Waals surface area (Å²) in [4.78, 5) is 31.2. The lowest BCUT2D eigenvalue weighted by atomic mass is 10.1. The van der Waals surface area contributed by atoms with Gasteiger partial charge in [-0.3, -0.25) is 35.8 Å². The molecule has 0 aliphatic rings. The Morgan fingerprint density at radius 1 is 0.781 bits per heavy atom. The van der Waals surface area contributed by atoms with Gasteiger partial charge >= 0.3 is 5.69 Å². The first kappa shape index (κ1) is 21.8. The van der Waals surface area contributed by atoms with E-state index in [0.717, 1.165) is 12.1 Å². The maximum absolute atomic E-state index is 11.3. The minimum Gasteiger partial charge on any atom is -0.271 e. The number of nitro groups is 3. The van der Waals surface area contributed by atoms with Crippen molar-refractivity contribution in [3.63, 3.8) is 0 Å². The van der Waals surface area contributed by atoms with E-state index in [2.05, 4.69) is 10.5 Å². The molecule has 0 saturated heterocycles. The van der Waals surface area contributed by atoms with Crippen LogP contribution in [0.15, 0.2) is 84.0 Å². The molecule has 1 N–H and O–H groups in total. The van der Waals surface area contributed by atoms with Gasteiger partial charge in [-0.15, -0.1) is 0 Å². The van der Waals surface area contributed by atoms with E-state index in [4.69, 9.17) is 0 Å². The molecule has 0 fully saturated rings. The van der Waals surface area contributed by atoms with Crippen molar-refractivity contribution >= 4 is 34.5 Å². The zero-order valence-electron chi connectivity index (χ0n) is 16.3. The smallest absolute Gasteiger partial charge is 0.271 e. The molecule has 0 unspecified atom stereocenters. The fourth-order valence-corrected chi connectivity index (χ4v) is 2.72. The number of hydrazone groups is 1. The van der Waals surface area contributed by atoms with Crippen LogP contribution in [0.1, 0.15) is 11.1 Å². The van der Waals surface area contributed by atoms with Crippen LogP contribution >= 0.6 is 0 Å². The molecule has 0 bridgehead atoms. The standard InChI is InChI=1S/C21H15N5O6/c27-24(28)17-8-4-5-15(13-17)9-11-19(16-6-2-1-3-7-16)22-23-20-12-10-18(25(29)30)14-21(20)26(31)32/h1-14,23H. The van der Waals surface area contributed by atoms with E-state index in [9.17, 15) is 30.3 Å². The number of non-ortho nitro benzene ring substituents is 2. The summed E-state index contributed by atoms with van der Waals surface area (Å²) in [7, 11) is 0. The number of anilines is 1. The van der Waals surface area contributed by atoms with Gasteiger partial charge in [-0.1, -0.05) is 48.5 Å². The van der Waals surface area contributed by atoms with E-state index in [0.29, 0.717) is 16.8 Å². The first-order chi connectivity index (χ1) is 15.3. The monoisotopic (exact) mass is 433 g/mol. The molecule has 0 aliphatic carbocycles. The van der Waals surface area contributed by atoms with E-state index < -0.39 is 26.1 Å². The molecule has 0 amide bonds. The second-order valence-electron chi connectivity index (χ2n) is 6.38. The van der Waals surface area contributed by atoms with Gasteiger partial charge in [0.25, 0.3) is 11.4 Å². The second kappa shape index (κ2) is 9.71. The summed E-state index contributed by atoms with van der Waals surface area (Å²) in [6.45, 7) is 0.